The van der Waals surface area contributed by atoms with E-state index in [1.54, 1.807) is 91.1 Å². The normalized spacial score (nSPS) is 13.1. The van der Waals surface area contributed by atoms with Crippen molar-refractivity contribution in [2.24, 2.45) is 0 Å². The highest BCUT2D eigenvalue weighted by Crippen LogP contribution is 2.24. The largest absolute Gasteiger partial charge is 0.495 e. The molecule has 9 atom stereocenters. The molecular weight excluding hydrogens is 1480 g/mol. The number of rotatable bonds is 49. The highest BCUT2D eigenvalue weighted by Gasteiger charge is 2.35. The molecular formula is C74H89N15O24. The quantitative estimate of drug-likeness (QED) is 0.0156. The van der Waals surface area contributed by atoms with Crippen LogP contribution in [0.5, 0.6) is 5.75 Å². The summed E-state index contributed by atoms with van der Waals surface area (Å²) in [5, 5.41) is 104. The van der Waals surface area contributed by atoms with Gasteiger partial charge in [-0.05, 0) is 85.9 Å². The summed E-state index contributed by atoms with van der Waals surface area (Å²) in [6.07, 6.45) is -3.25. The van der Waals surface area contributed by atoms with Crippen molar-refractivity contribution in [3.05, 3.63) is 143 Å². The van der Waals surface area contributed by atoms with Crippen molar-refractivity contribution in [3.63, 3.8) is 0 Å². The van der Waals surface area contributed by atoms with Gasteiger partial charge in [0.2, 0.25) is 59.1 Å². The minimum atomic E-state index is -2.03. The third-order valence-electron chi connectivity index (χ3n) is 17.0. The molecule has 1 aromatic heterocycles. The number of urea groups is 1. The van der Waals surface area contributed by atoms with Crippen LogP contribution in [0.25, 0.3) is 15.7 Å². The average molecular weight is 1570 g/mol. The number of aliphatic hydroxyl groups excluding tert-OH is 2. The second kappa shape index (κ2) is 46.7. The van der Waals surface area contributed by atoms with Gasteiger partial charge >= 0.3 is 35.9 Å². The number of carbonyl (C=O) groups excluding carboxylic acids is 11. The van der Waals surface area contributed by atoms with Crippen molar-refractivity contribution in [1.29, 1.82) is 5.26 Å². The van der Waals surface area contributed by atoms with E-state index in [-0.39, 0.29) is 81.6 Å². The summed E-state index contributed by atoms with van der Waals surface area (Å²) >= 11 is 0. The van der Waals surface area contributed by atoms with Crippen LogP contribution in [-0.4, -0.2) is 241 Å². The number of unbranched alkanes of at least 4 members (excludes halogenated alkanes) is 1. The number of carbonyl (C=O) groups is 16. The highest BCUT2D eigenvalue weighted by molar-refractivity contribution is 5.99. The van der Waals surface area contributed by atoms with Crippen LogP contribution in [0.1, 0.15) is 93.4 Å². The van der Waals surface area contributed by atoms with E-state index in [1.165, 1.54) is 25.1 Å². The lowest BCUT2D eigenvalue weighted by Gasteiger charge is -2.27. The number of aromatic amines is 1. The number of nitriles is 1. The van der Waals surface area contributed by atoms with Crippen molar-refractivity contribution >= 4 is 112 Å². The number of aromatic nitrogens is 1. The van der Waals surface area contributed by atoms with Crippen LogP contribution in [0.15, 0.2) is 109 Å². The Bertz CT molecular complexity index is 4250. The van der Waals surface area contributed by atoms with E-state index in [1.807, 2.05) is 11.4 Å². The monoisotopic (exact) mass is 1570 g/mol. The summed E-state index contributed by atoms with van der Waals surface area (Å²) in [5.74, 6) is -17.7. The number of amides is 12. The predicted molar refractivity (Wildman–Crippen MR) is 395 cm³/mol. The first-order valence-electron chi connectivity index (χ1n) is 35.4. The molecule has 0 spiro atoms. The molecule has 1 heterocycles. The number of aliphatic hydroxyl groups is 2. The van der Waals surface area contributed by atoms with E-state index >= 15 is 0 Å². The molecule has 4 aromatic carbocycles. The van der Waals surface area contributed by atoms with Crippen LogP contribution in [0.2, 0.25) is 0 Å². The van der Waals surface area contributed by atoms with Crippen molar-refractivity contribution in [1.82, 2.24) is 68.4 Å². The fraction of sp³-hybridized carbons (Fsp3) is 0.405. The van der Waals surface area contributed by atoms with Crippen LogP contribution in [0, 0.1) is 17.9 Å². The number of carboxylic acid groups (broad SMARTS) is 5. The summed E-state index contributed by atoms with van der Waals surface area (Å²) in [7, 11) is 0. The van der Waals surface area contributed by atoms with Gasteiger partial charge in [0.25, 0.3) is 0 Å². The number of H-pyrrole nitrogens is 1. The molecule has 19 N–H and O–H groups in total. The van der Waals surface area contributed by atoms with Gasteiger partial charge in [-0.3, -0.25) is 62.3 Å². The predicted octanol–water partition coefficient (Wildman–Crippen LogP) is -1.48. The molecule has 12 amide bonds. The highest BCUT2D eigenvalue weighted by atomic mass is 16.5. The van der Waals surface area contributed by atoms with Crippen LogP contribution in [0.4, 0.5) is 10.5 Å². The van der Waals surface area contributed by atoms with Crippen molar-refractivity contribution in [2.45, 2.75) is 145 Å². The maximum atomic E-state index is 14.4. The minimum Gasteiger partial charge on any atom is -0.495 e. The molecule has 113 heavy (non-hydrogen) atoms. The van der Waals surface area contributed by atoms with E-state index < -0.39 is 214 Å². The molecule has 0 radical (unpaired) electrons. The number of aliphatic carboxylic acids is 5. The molecule has 0 aliphatic rings. The zero-order chi connectivity index (χ0) is 83.1. The number of hydrogen-bond acceptors (Lipinski definition) is 20. The SMILES string of the molecule is [C-]#[N+]c1cc(C#N)cc(OCCCN(CC(=O)N[C@@H](Cc2c[nH]c3ccccc23)C(=O)NCCCC[C@H](NC(=O)N[C@@H](CCC(=O)O)C(=O)O)C(=O)O)C(=O)CNC(=O)[C@H](CCC(=O)O)NC(=O)[C@H](CCC(=O)O)NC(=O)[C@H](CO)NC(=O)[C@H](CO)NC(=O)[C@H](Cc2ccccc2)NC(=O)[C@H](Cc2ccccc2)NC(C)=O)c1. The maximum absolute atomic E-state index is 14.4. The zero-order valence-electron chi connectivity index (χ0n) is 61.1. The number of hydrogen-bond donors (Lipinski definition) is 19. The van der Waals surface area contributed by atoms with Gasteiger partial charge < -0.3 is 109 Å². The Kier molecular flexibility index (Phi) is 37.2. The van der Waals surface area contributed by atoms with Crippen LogP contribution >= 0.6 is 0 Å². The summed E-state index contributed by atoms with van der Waals surface area (Å²) in [6.45, 7) is 3.68. The molecule has 0 unspecified atom stereocenters. The molecule has 0 bridgehead atoms. The Labute approximate surface area is 645 Å². The van der Waals surface area contributed by atoms with Gasteiger partial charge in [0.15, 0.2) is 5.69 Å². The van der Waals surface area contributed by atoms with Gasteiger partial charge in [-0.2, -0.15) is 5.26 Å². The Morgan fingerprint density at radius 2 is 0.982 bits per heavy atom. The number of carboxylic acids is 5. The minimum absolute atomic E-state index is 0.00159. The first-order chi connectivity index (χ1) is 53.9. The van der Waals surface area contributed by atoms with Crippen LogP contribution < -0.4 is 63.2 Å². The summed E-state index contributed by atoms with van der Waals surface area (Å²) in [6, 6.07) is 13.4. The topological polar surface area (TPSA) is 603 Å². The number of nitrogens with one attached hydrogen (secondary N) is 12. The molecule has 0 fully saturated rings. The lowest BCUT2D eigenvalue weighted by atomic mass is 10.0. The van der Waals surface area contributed by atoms with Gasteiger partial charge in [0, 0.05) is 81.2 Å². The van der Waals surface area contributed by atoms with Gasteiger partial charge in [0.1, 0.15) is 60.1 Å². The molecule has 0 aliphatic heterocycles. The average Bonchev–Trinajstić information content (AvgIpc) is 1.67. The third-order valence-corrected chi connectivity index (χ3v) is 17.0. The van der Waals surface area contributed by atoms with Crippen molar-refractivity contribution < 1.29 is 117 Å². The fourth-order valence-electron chi connectivity index (χ4n) is 11.2. The summed E-state index contributed by atoms with van der Waals surface area (Å²) in [5.41, 5.74) is 2.51. The van der Waals surface area contributed by atoms with Gasteiger partial charge in [-0.25, -0.2) is 19.2 Å². The standard InChI is InChI=1S/C74H89N15O24/c1-42(92)80-55(32-43-14-5-3-6-15-43)68(104)84-56(33-44-16-7-4-8-17-44)69(105)85-59(41-91)71(107)86-58(40-90)70(106)83-52(22-25-63(97)98)67(103)82-51(21-24-62(95)96)65(101)79-38-61(94)89(28-13-29-113-48-31-45(36-75)30-47(35-48)76-2)39-60(93)81-57(34-46-37-78-50-19-10-9-18-49(46)50)66(102)77-27-12-11-20-53(72(108)109)87-74(112)88-54(73(110)111)23-26-64(99)100/h3-10,14-19,30-31,35,37,51-59,78,90-91H,11-13,20-29,32-34,38-41H2,1H3,(H,77,102)(H,79,101)(H,80,92)(H,81,93)(H,82,103)(H,83,106)(H,84,104)(H,85,105)(H,86,107)(H,95,96)(H,97,98)(H,99,100)(H,108,109)(H,110,111)(H2,87,88,112)/t51-,52-,53-,54-,55-,56-,57-,58-,59-/m0/s1. The van der Waals surface area contributed by atoms with E-state index in [9.17, 15) is 113 Å². The van der Waals surface area contributed by atoms with E-state index in [0.29, 0.717) is 27.6 Å². The molecule has 39 heteroatoms. The second-order valence-corrected chi connectivity index (χ2v) is 25.6. The second-order valence-electron chi connectivity index (χ2n) is 25.6. The first-order valence-corrected chi connectivity index (χ1v) is 35.4. The lowest BCUT2D eigenvalue weighted by molar-refractivity contribution is -0.141. The van der Waals surface area contributed by atoms with E-state index in [2.05, 4.69) is 63.0 Å². The molecule has 604 valence electrons. The maximum Gasteiger partial charge on any atom is 0.326 e. The Morgan fingerprint density at radius 1 is 0.513 bits per heavy atom. The zero-order valence-corrected chi connectivity index (χ0v) is 61.1. The Balaban J connectivity index is 1.32. The fourth-order valence-corrected chi connectivity index (χ4v) is 11.2. The van der Waals surface area contributed by atoms with E-state index in [4.69, 9.17) is 16.4 Å². The van der Waals surface area contributed by atoms with Gasteiger partial charge in [-0.1, -0.05) is 78.9 Å². The Morgan fingerprint density at radius 3 is 1.50 bits per heavy atom. The summed E-state index contributed by atoms with van der Waals surface area (Å²) in [4.78, 5) is 217. The number of fused-ring (bicyclic) bond motifs is 1. The summed E-state index contributed by atoms with van der Waals surface area (Å²) < 4.78 is 5.79. The molecule has 5 aromatic rings. The Hall–Kier alpha value is -13.6. The van der Waals surface area contributed by atoms with Gasteiger partial charge in [-0.15, -0.1) is 0 Å². The number of nitrogens with zero attached hydrogens (tertiary/aromatic N) is 3. The number of para-hydroxylation sites is 1. The number of ether oxygens (including phenoxy) is 1. The van der Waals surface area contributed by atoms with Crippen LogP contribution in [0.3, 0.4) is 0 Å². The van der Waals surface area contributed by atoms with Crippen LogP contribution in [-0.2, 0) is 91.2 Å². The molecule has 0 saturated carbocycles. The molecule has 5 rings (SSSR count). The molecule has 0 aliphatic carbocycles. The van der Waals surface area contributed by atoms with Gasteiger partial charge in [0.05, 0.1) is 45.6 Å². The molecule has 0 saturated heterocycles. The van der Waals surface area contributed by atoms with Crippen molar-refractivity contribution in [3.8, 4) is 11.8 Å². The smallest absolute Gasteiger partial charge is 0.326 e. The third kappa shape index (κ3) is 31.9. The van der Waals surface area contributed by atoms with E-state index in [0.717, 1.165) is 4.90 Å². The van der Waals surface area contributed by atoms with Crippen molar-refractivity contribution in [2.75, 3.05) is 46.0 Å². The molecule has 39 nitrogen and oxygen atoms in total. The first kappa shape index (κ1) is 90.1. The number of benzene rings is 4. The lowest BCUT2D eigenvalue weighted by Crippen LogP contribution is -2.61.